The van der Waals surface area contributed by atoms with Crippen LogP contribution in [0, 0.1) is 0 Å². The van der Waals surface area contributed by atoms with Crippen molar-refractivity contribution in [3.8, 4) is 0 Å². The average molecular weight is 216 g/mol. The van der Waals surface area contributed by atoms with Crippen molar-refractivity contribution >= 4 is 20.2 Å². The minimum absolute atomic E-state index is 0.745. The first-order valence-corrected chi connectivity index (χ1v) is 5.79. The fourth-order valence-corrected chi connectivity index (χ4v) is 2.35. The van der Waals surface area contributed by atoms with Crippen molar-refractivity contribution in [3.63, 3.8) is 0 Å². The average Bonchev–Trinajstić information content (AvgIpc) is 1.78. The van der Waals surface area contributed by atoms with Crippen molar-refractivity contribution in [2.45, 2.75) is 6.92 Å². The Morgan fingerprint density at radius 2 is 1.67 bits per heavy atom. The second-order valence-corrected chi connectivity index (χ2v) is 4.88. The third-order valence-corrected chi connectivity index (χ3v) is 2.88. The zero-order chi connectivity index (χ0) is 9.99. The van der Waals surface area contributed by atoms with Crippen LogP contribution in [0.3, 0.4) is 0 Å². The van der Waals surface area contributed by atoms with Crippen LogP contribution in [-0.2, 0) is 20.2 Å². The van der Waals surface area contributed by atoms with Crippen LogP contribution in [0.5, 0.6) is 0 Å². The molecule has 0 aromatic rings. The van der Waals surface area contributed by atoms with E-state index < -0.39 is 30.9 Å². The number of hydrogen-bond donors (Lipinski definition) is 2. The lowest BCUT2D eigenvalue weighted by molar-refractivity contribution is 0.478. The van der Waals surface area contributed by atoms with Gasteiger partial charge < -0.3 is 0 Å². The third-order valence-electron chi connectivity index (χ3n) is 0.978. The van der Waals surface area contributed by atoms with Gasteiger partial charge in [0.2, 0.25) is 0 Å². The summed E-state index contributed by atoms with van der Waals surface area (Å²) in [5.74, 6) is -1.11. The van der Waals surface area contributed by atoms with E-state index in [1.165, 1.54) is 6.92 Å². The molecule has 0 amide bonds. The highest BCUT2D eigenvalue weighted by Gasteiger charge is 2.18. The van der Waals surface area contributed by atoms with Gasteiger partial charge in [0.25, 0.3) is 20.2 Å². The molecular weight excluding hydrogens is 208 g/mol. The van der Waals surface area contributed by atoms with Crippen LogP contribution >= 0.6 is 0 Å². The lowest BCUT2D eigenvalue weighted by Gasteiger charge is -1.99. The summed E-state index contributed by atoms with van der Waals surface area (Å²) in [6, 6.07) is 0. The van der Waals surface area contributed by atoms with Crippen LogP contribution in [0.25, 0.3) is 0 Å². The molecule has 72 valence electrons. The number of rotatable bonds is 3. The Kier molecular flexibility index (Phi) is 3.39. The maximum Gasteiger partial charge on any atom is 0.291 e. The number of allylic oxidation sites excluding steroid dienone is 1. The number of hydrogen-bond acceptors (Lipinski definition) is 4. The van der Waals surface area contributed by atoms with E-state index in [0.717, 1.165) is 6.08 Å². The van der Waals surface area contributed by atoms with E-state index in [1.807, 2.05) is 0 Å². The van der Waals surface area contributed by atoms with Gasteiger partial charge in [-0.25, -0.2) is 0 Å². The topological polar surface area (TPSA) is 109 Å². The van der Waals surface area contributed by atoms with Gasteiger partial charge in [0.1, 0.15) is 5.75 Å². The molecule has 0 saturated carbocycles. The largest absolute Gasteiger partial charge is 0.291 e. The van der Waals surface area contributed by atoms with Crippen LogP contribution in [0.1, 0.15) is 6.92 Å². The molecule has 8 heteroatoms. The van der Waals surface area contributed by atoms with Crippen LogP contribution in [0.15, 0.2) is 11.0 Å². The molecule has 0 aliphatic rings. The standard InChI is InChI=1S/C4H8O6S2/c1-2-4(12(8,9)10)3-11(5,6)7/h2H,3H2,1H3,(H,5,6,7)(H,8,9,10). The summed E-state index contributed by atoms with van der Waals surface area (Å²) >= 11 is 0. The molecular formula is C4H8O6S2. The van der Waals surface area contributed by atoms with Crippen molar-refractivity contribution in [3.05, 3.63) is 11.0 Å². The molecule has 0 fully saturated rings. The van der Waals surface area contributed by atoms with E-state index in [4.69, 9.17) is 9.11 Å². The van der Waals surface area contributed by atoms with Gasteiger partial charge in [0.15, 0.2) is 0 Å². The smallest absolute Gasteiger partial charge is 0.285 e. The molecule has 2 N–H and O–H groups in total. The predicted molar refractivity (Wildman–Crippen MR) is 41.7 cm³/mol. The minimum Gasteiger partial charge on any atom is -0.285 e. The maximum atomic E-state index is 10.4. The van der Waals surface area contributed by atoms with E-state index in [2.05, 4.69) is 0 Å². The van der Waals surface area contributed by atoms with Gasteiger partial charge >= 0.3 is 0 Å². The Balaban J connectivity index is 4.92. The van der Waals surface area contributed by atoms with Crippen LogP contribution in [0.4, 0.5) is 0 Å². The van der Waals surface area contributed by atoms with Crippen LogP contribution in [-0.4, -0.2) is 31.7 Å². The molecule has 0 heterocycles. The Morgan fingerprint density at radius 3 is 1.75 bits per heavy atom. The Morgan fingerprint density at radius 1 is 1.25 bits per heavy atom. The Labute approximate surface area is 70.4 Å². The Bertz CT molecular complexity index is 372. The van der Waals surface area contributed by atoms with Gasteiger partial charge in [-0.3, -0.25) is 9.11 Å². The molecule has 0 aliphatic carbocycles. The second-order valence-electron chi connectivity index (χ2n) is 1.96. The van der Waals surface area contributed by atoms with Gasteiger partial charge in [0.05, 0.1) is 4.91 Å². The first kappa shape index (κ1) is 11.6. The van der Waals surface area contributed by atoms with Crippen molar-refractivity contribution in [2.24, 2.45) is 0 Å². The molecule has 0 aromatic carbocycles. The molecule has 0 aromatic heterocycles. The van der Waals surface area contributed by atoms with Crippen molar-refractivity contribution in [1.82, 2.24) is 0 Å². The molecule has 0 aliphatic heterocycles. The summed E-state index contributed by atoms with van der Waals surface area (Å²) in [5.41, 5.74) is 0. The summed E-state index contributed by atoms with van der Waals surface area (Å²) in [5, 5.41) is 0. The SMILES string of the molecule is CC=C(CS(=O)(=O)O)S(=O)(=O)O. The normalized spacial score (nSPS) is 14.8. The first-order valence-electron chi connectivity index (χ1n) is 2.74. The van der Waals surface area contributed by atoms with E-state index in [1.54, 1.807) is 0 Å². The quantitative estimate of drug-likeness (QED) is 0.625. The lowest BCUT2D eigenvalue weighted by atomic mass is 10.6. The highest BCUT2D eigenvalue weighted by atomic mass is 32.2. The molecule has 0 spiro atoms. The second kappa shape index (κ2) is 3.52. The molecule has 0 bridgehead atoms. The van der Waals surface area contributed by atoms with Gasteiger partial charge in [-0.15, -0.1) is 0 Å². The van der Waals surface area contributed by atoms with E-state index in [-0.39, 0.29) is 0 Å². The molecule has 0 atom stereocenters. The summed E-state index contributed by atoms with van der Waals surface area (Å²) in [4.78, 5) is -0.745. The third kappa shape index (κ3) is 4.44. The molecule has 0 saturated heterocycles. The van der Waals surface area contributed by atoms with E-state index >= 15 is 0 Å². The minimum atomic E-state index is -4.53. The van der Waals surface area contributed by atoms with Gasteiger partial charge in [-0.1, -0.05) is 6.08 Å². The summed E-state index contributed by atoms with van der Waals surface area (Å²) in [7, 11) is -8.95. The van der Waals surface area contributed by atoms with Crippen LogP contribution < -0.4 is 0 Å². The summed E-state index contributed by atoms with van der Waals surface area (Å²) in [6.07, 6.45) is 0.892. The van der Waals surface area contributed by atoms with E-state index in [0.29, 0.717) is 0 Å². The zero-order valence-electron chi connectivity index (χ0n) is 6.13. The molecule has 6 nitrogen and oxygen atoms in total. The van der Waals surface area contributed by atoms with Gasteiger partial charge in [-0.05, 0) is 6.92 Å². The highest BCUT2D eigenvalue weighted by Crippen LogP contribution is 2.06. The highest BCUT2D eigenvalue weighted by molar-refractivity contribution is 7.92. The fourth-order valence-electron chi connectivity index (χ4n) is 0.487. The van der Waals surface area contributed by atoms with Crippen LogP contribution in [0.2, 0.25) is 0 Å². The van der Waals surface area contributed by atoms with Crippen molar-refractivity contribution in [2.75, 3.05) is 5.75 Å². The molecule has 12 heavy (non-hydrogen) atoms. The van der Waals surface area contributed by atoms with Gasteiger partial charge in [-0.2, -0.15) is 16.8 Å². The zero-order valence-corrected chi connectivity index (χ0v) is 7.76. The molecule has 0 unspecified atom stereocenters. The lowest BCUT2D eigenvalue weighted by Crippen LogP contribution is -2.13. The van der Waals surface area contributed by atoms with Crippen molar-refractivity contribution < 1.29 is 25.9 Å². The maximum absolute atomic E-state index is 10.4. The Hall–Kier alpha value is -0.440. The fraction of sp³-hybridized carbons (Fsp3) is 0.500. The first-order chi connectivity index (χ1) is 5.17. The van der Waals surface area contributed by atoms with Gasteiger partial charge in [0, 0.05) is 0 Å². The summed E-state index contributed by atoms with van der Waals surface area (Å²) < 4.78 is 57.7. The molecule has 0 radical (unpaired) electrons. The van der Waals surface area contributed by atoms with E-state index in [9.17, 15) is 16.8 Å². The summed E-state index contributed by atoms with van der Waals surface area (Å²) in [6.45, 7) is 1.23. The predicted octanol–water partition coefficient (Wildman–Crippen LogP) is -0.334. The monoisotopic (exact) mass is 216 g/mol. The molecule has 0 rings (SSSR count). The van der Waals surface area contributed by atoms with Crippen molar-refractivity contribution in [1.29, 1.82) is 0 Å².